The van der Waals surface area contributed by atoms with E-state index >= 15 is 0 Å². The van der Waals surface area contributed by atoms with Crippen molar-refractivity contribution in [3.05, 3.63) is 72.3 Å². The summed E-state index contributed by atoms with van der Waals surface area (Å²) in [6.45, 7) is 3.33. The van der Waals surface area contributed by atoms with Crippen molar-refractivity contribution in [1.82, 2.24) is 19.7 Å². The zero-order chi connectivity index (χ0) is 20.0. The smallest absolute Gasteiger partial charge is 0.308 e. The molecule has 0 aliphatic heterocycles. The number of nitro groups is 1. The molecule has 0 saturated heterocycles. The minimum absolute atomic E-state index is 0.0273. The van der Waals surface area contributed by atoms with Crippen LogP contribution in [0.1, 0.15) is 17.2 Å². The molecule has 3 aromatic heterocycles. The van der Waals surface area contributed by atoms with Crippen molar-refractivity contribution in [1.29, 1.82) is 0 Å². The lowest BCUT2D eigenvalue weighted by Crippen LogP contribution is -2.15. The van der Waals surface area contributed by atoms with Crippen molar-refractivity contribution in [2.24, 2.45) is 0 Å². The van der Waals surface area contributed by atoms with Crippen molar-refractivity contribution in [3.63, 3.8) is 0 Å². The second kappa shape index (κ2) is 6.84. The van der Waals surface area contributed by atoms with Gasteiger partial charge in [0, 0.05) is 21.5 Å². The van der Waals surface area contributed by atoms with Gasteiger partial charge in [-0.15, -0.1) is 11.3 Å². The second-order valence-corrected chi connectivity index (χ2v) is 7.52. The van der Waals surface area contributed by atoms with Crippen LogP contribution in [0.25, 0.3) is 21.3 Å². The molecule has 4 rings (SSSR count). The zero-order valence-corrected chi connectivity index (χ0v) is 16.5. The van der Waals surface area contributed by atoms with Crippen LogP contribution in [-0.4, -0.2) is 24.7 Å². The Balaban J connectivity index is 1.78. The van der Waals surface area contributed by atoms with Crippen LogP contribution in [0.5, 0.6) is 0 Å². The fraction of sp³-hybridized carbons (Fsp3) is 0.167. The third kappa shape index (κ3) is 2.98. The first kappa shape index (κ1) is 18.3. The van der Waals surface area contributed by atoms with Crippen molar-refractivity contribution in [2.75, 3.05) is 0 Å². The first-order valence-electron chi connectivity index (χ1n) is 8.30. The molecule has 28 heavy (non-hydrogen) atoms. The fourth-order valence-electron chi connectivity index (χ4n) is 3.19. The molecule has 0 saturated carbocycles. The molecule has 10 heteroatoms. The molecule has 1 aromatic carbocycles. The van der Waals surface area contributed by atoms with E-state index in [2.05, 4.69) is 15.1 Å². The van der Waals surface area contributed by atoms with E-state index in [1.807, 2.05) is 23.6 Å². The van der Waals surface area contributed by atoms with E-state index in [-0.39, 0.29) is 17.8 Å². The Morgan fingerprint density at radius 3 is 2.71 bits per heavy atom. The van der Waals surface area contributed by atoms with E-state index in [4.69, 9.17) is 11.6 Å². The molecular weight excluding hydrogens is 402 g/mol. The summed E-state index contributed by atoms with van der Waals surface area (Å²) >= 11 is 7.62. The number of halogens is 1. The average molecular weight is 416 g/mol. The van der Waals surface area contributed by atoms with Crippen LogP contribution in [0, 0.1) is 24.0 Å². The highest BCUT2D eigenvalue weighted by Gasteiger charge is 2.22. The van der Waals surface area contributed by atoms with Crippen molar-refractivity contribution < 1.29 is 4.92 Å². The summed E-state index contributed by atoms with van der Waals surface area (Å²) in [6.07, 6.45) is 0. The summed E-state index contributed by atoms with van der Waals surface area (Å²) in [5.74, 6) is 0.380. The standard InChI is InChI=1S/C18H14ClN5O3S/c1-9-16(24(26)27)10(2)23(22-9)7-14-20-17(25)15-12(8-28-18(15)21-14)11-5-3-4-6-13(11)19/h3-6,8H,7H2,1-2H3,(H,20,21,25). The van der Waals surface area contributed by atoms with Gasteiger partial charge < -0.3 is 4.98 Å². The summed E-state index contributed by atoms with van der Waals surface area (Å²) in [4.78, 5) is 31.3. The van der Waals surface area contributed by atoms with E-state index < -0.39 is 4.92 Å². The van der Waals surface area contributed by atoms with Crippen LogP contribution >= 0.6 is 22.9 Å². The van der Waals surface area contributed by atoms with Gasteiger partial charge in [0.1, 0.15) is 22.0 Å². The molecule has 0 atom stereocenters. The summed E-state index contributed by atoms with van der Waals surface area (Å²) in [7, 11) is 0. The van der Waals surface area contributed by atoms with Crippen molar-refractivity contribution in [2.45, 2.75) is 20.4 Å². The molecule has 0 bridgehead atoms. The van der Waals surface area contributed by atoms with E-state index in [0.29, 0.717) is 32.5 Å². The molecule has 3 heterocycles. The van der Waals surface area contributed by atoms with E-state index in [9.17, 15) is 14.9 Å². The quantitative estimate of drug-likeness (QED) is 0.399. The minimum Gasteiger partial charge on any atom is -0.308 e. The Hall–Kier alpha value is -3.04. The maximum atomic E-state index is 12.8. The lowest BCUT2D eigenvalue weighted by Gasteiger charge is -2.05. The number of hydrogen-bond acceptors (Lipinski definition) is 6. The number of aryl methyl sites for hydroxylation is 1. The Morgan fingerprint density at radius 1 is 1.29 bits per heavy atom. The number of benzene rings is 1. The number of H-pyrrole nitrogens is 1. The largest absolute Gasteiger partial charge is 0.312 e. The Morgan fingerprint density at radius 2 is 2.04 bits per heavy atom. The highest BCUT2D eigenvalue weighted by molar-refractivity contribution is 7.17. The first-order valence-corrected chi connectivity index (χ1v) is 9.56. The van der Waals surface area contributed by atoms with Crippen LogP contribution in [0.4, 0.5) is 5.69 Å². The van der Waals surface area contributed by atoms with Gasteiger partial charge >= 0.3 is 5.69 Å². The summed E-state index contributed by atoms with van der Waals surface area (Å²) < 4.78 is 1.47. The topological polar surface area (TPSA) is 107 Å². The molecule has 4 aromatic rings. The number of nitrogens with zero attached hydrogens (tertiary/aromatic N) is 4. The molecular formula is C18H14ClN5O3S. The zero-order valence-electron chi connectivity index (χ0n) is 14.9. The molecule has 0 amide bonds. The molecule has 0 aliphatic carbocycles. The summed E-state index contributed by atoms with van der Waals surface area (Å²) in [5.41, 5.74) is 1.92. The second-order valence-electron chi connectivity index (χ2n) is 6.26. The highest BCUT2D eigenvalue weighted by atomic mass is 35.5. The van der Waals surface area contributed by atoms with Gasteiger partial charge in [-0.05, 0) is 19.9 Å². The number of aromatic amines is 1. The van der Waals surface area contributed by atoms with Gasteiger partial charge in [-0.2, -0.15) is 5.10 Å². The summed E-state index contributed by atoms with van der Waals surface area (Å²) in [5, 5.41) is 18.3. The predicted molar refractivity (Wildman–Crippen MR) is 108 cm³/mol. The third-order valence-corrected chi connectivity index (χ3v) is 5.68. The third-order valence-electron chi connectivity index (χ3n) is 4.48. The van der Waals surface area contributed by atoms with Gasteiger partial charge in [0.25, 0.3) is 5.56 Å². The molecule has 0 radical (unpaired) electrons. The predicted octanol–water partition coefficient (Wildman–Crippen LogP) is 4.07. The Bertz CT molecular complexity index is 1290. The number of fused-ring (bicyclic) bond motifs is 1. The van der Waals surface area contributed by atoms with Crippen LogP contribution in [0.15, 0.2) is 34.4 Å². The van der Waals surface area contributed by atoms with Crippen LogP contribution < -0.4 is 5.56 Å². The molecule has 0 spiro atoms. The van der Waals surface area contributed by atoms with Crippen LogP contribution in [-0.2, 0) is 6.54 Å². The number of hydrogen-bond donors (Lipinski definition) is 1. The van der Waals surface area contributed by atoms with Crippen LogP contribution in [0.2, 0.25) is 5.02 Å². The SMILES string of the molecule is Cc1nn(Cc2nc3scc(-c4ccccc4Cl)c3c(=O)[nH]2)c(C)c1[N+](=O)[O-]. The first-order chi connectivity index (χ1) is 13.4. The fourth-order valence-corrected chi connectivity index (χ4v) is 4.39. The van der Waals surface area contributed by atoms with E-state index in [0.717, 1.165) is 11.1 Å². The maximum absolute atomic E-state index is 12.8. The monoisotopic (exact) mass is 415 g/mol. The van der Waals surface area contributed by atoms with Gasteiger partial charge in [0.15, 0.2) is 0 Å². The van der Waals surface area contributed by atoms with Gasteiger partial charge in [-0.3, -0.25) is 19.6 Å². The van der Waals surface area contributed by atoms with Crippen LogP contribution in [0.3, 0.4) is 0 Å². The van der Waals surface area contributed by atoms with E-state index in [1.165, 1.54) is 16.0 Å². The molecule has 0 unspecified atom stereocenters. The van der Waals surface area contributed by atoms with Gasteiger partial charge in [0.2, 0.25) is 0 Å². The maximum Gasteiger partial charge on any atom is 0.312 e. The van der Waals surface area contributed by atoms with Gasteiger partial charge in [0.05, 0.1) is 16.9 Å². The Labute approximate surface area is 167 Å². The Kier molecular flexibility index (Phi) is 4.48. The van der Waals surface area contributed by atoms with E-state index in [1.54, 1.807) is 19.9 Å². The lowest BCUT2D eigenvalue weighted by atomic mass is 10.1. The number of nitrogens with one attached hydrogen (secondary N) is 1. The lowest BCUT2D eigenvalue weighted by molar-refractivity contribution is -0.386. The van der Waals surface area contributed by atoms with Gasteiger partial charge in [-0.25, -0.2) is 4.98 Å². The molecule has 1 N–H and O–H groups in total. The molecule has 8 nitrogen and oxygen atoms in total. The minimum atomic E-state index is -0.456. The number of aromatic nitrogens is 4. The molecule has 0 aliphatic rings. The molecule has 0 fully saturated rings. The van der Waals surface area contributed by atoms with Crippen molar-refractivity contribution in [3.8, 4) is 11.1 Å². The average Bonchev–Trinajstić information content (AvgIpc) is 3.17. The normalized spacial score (nSPS) is 11.2. The number of rotatable bonds is 4. The molecule has 142 valence electrons. The highest BCUT2D eigenvalue weighted by Crippen LogP contribution is 2.34. The van der Waals surface area contributed by atoms with Gasteiger partial charge in [-0.1, -0.05) is 29.8 Å². The summed E-state index contributed by atoms with van der Waals surface area (Å²) in [6, 6.07) is 7.31. The van der Waals surface area contributed by atoms with Crippen molar-refractivity contribution >= 4 is 38.8 Å². The number of thiophene rings is 1.